The second-order valence-electron chi connectivity index (χ2n) is 3.67. The van der Waals surface area contributed by atoms with Crippen LogP contribution in [0.4, 0.5) is 5.82 Å². The fraction of sp³-hybridized carbons (Fsp3) is 0.583. The van der Waals surface area contributed by atoms with E-state index in [1.807, 2.05) is 12.1 Å². The Kier molecular flexibility index (Phi) is 7.29. The molecule has 0 amide bonds. The number of nitrogens with two attached hydrogens (primary N) is 1. The van der Waals surface area contributed by atoms with Gasteiger partial charge in [-0.1, -0.05) is 19.4 Å². The SMILES string of the molecule is CCCCOCCOCc1cccnc1NN. The molecule has 0 aromatic carbocycles. The van der Waals surface area contributed by atoms with E-state index >= 15 is 0 Å². The number of rotatable bonds is 9. The molecular weight excluding hydrogens is 218 g/mol. The maximum absolute atomic E-state index is 5.48. The van der Waals surface area contributed by atoms with Crippen LogP contribution in [0.3, 0.4) is 0 Å². The Labute approximate surface area is 102 Å². The molecule has 0 bridgehead atoms. The topological polar surface area (TPSA) is 69.4 Å². The molecule has 1 heterocycles. The van der Waals surface area contributed by atoms with Gasteiger partial charge in [0.05, 0.1) is 19.8 Å². The largest absolute Gasteiger partial charge is 0.379 e. The molecule has 1 aromatic heterocycles. The number of nitrogen functional groups attached to an aromatic ring is 1. The van der Waals surface area contributed by atoms with Crippen LogP contribution in [0.2, 0.25) is 0 Å². The number of nitrogens with one attached hydrogen (secondary N) is 1. The Morgan fingerprint density at radius 2 is 2.12 bits per heavy atom. The first-order valence-electron chi connectivity index (χ1n) is 5.94. The van der Waals surface area contributed by atoms with Crippen molar-refractivity contribution in [1.29, 1.82) is 0 Å². The third-order valence-electron chi connectivity index (χ3n) is 2.30. The first kappa shape index (κ1) is 13.9. The van der Waals surface area contributed by atoms with Crippen molar-refractivity contribution in [2.24, 2.45) is 5.84 Å². The number of aromatic nitrogens is 1. The average molecular weight is 239 g/mol. The van der Waals surface area contributed by atoms with Gasteiger partial charge in [0.2, 0.25) is 0 Å². The molecule has 0 atom stereocenters. The Hall–Kier alpha value is -1.17. The molecule has 96 valence electrons. The van der Waals surface area contributed by atoms with E-state index in [0.717, 1.165) is 25.0 Å². The summed E-state index contributed by atoms with van der Waals surface area (Å²) in [5, 5.41) is 0. The zero-order valence-corrected chi connectivity index (χ0v) is 10.3. The smallest absolute Gasteiger partial charge is 0.145 e. The van der Waals surface area contributed by atoms with Gasteiger partial charge in [-0.15, -0.1) is 0 Å². The minimum atomic E-state index is 0.491. The highest BCUT2D eigenvalue weighted by Gasteiger charge is 2.00. The first-order valence-corrected chi connectivity index (χ1v) is 5.94. The number of hydrogen-bond acceptors (Lipinski definition) is 5. The van der Waals surface area contributed by atoms with Crippen LogP contribution in [0.25, 0.3) is 0 Å². The molecule has 0 spiro atoms. The van der Waals surface area contributed by atoms with Crippen molar-refractivity contribution < 1.29 is 9.47 Å². The van der Waals surface area contributed by atoms with E-state index in [4.69, 9.17) is 15.3 Å². The van der Waals surface area contributed by atoms with Crippen molar-refractivity contribution in [3.8, 4) is 0 Å². The molecule has 1 aromatic rings. The monoisotopic (exact) mass is 239 g/mol. The van der Waals surface area contributed by atoms with Gasteiger partial charge >= 0.3 is 0 Å². The van der Waals surface area contributed by atoms with E-state index in [2.05, 4.69) is 17.3 Å². The number of hydrogen-bond donors (Lipinski definition) is 2. The van der Waals surface area contributed by atoms with Crippen molar-refractivity contribution in [3.63, 3.8) is 0 Å². The number of ether oxygens (including phenoxy) is 2. The van der Waals surface area contributed by atoms with Gasteiger partial charge in [-0.25, -0.2) is 10.8 Å². The molecule has 0 aliphatic carbocycles. The van der Waals surface area contributed by atoms with E-state index in [0.29, 0.717) is 25.6 Å². The van der Waals surface area contributed by atoms with Gasteiger partial charge < -0.3 is 14.9 Å². The average Bonchev–Trinajstić information content (AvgIpc) is 2.38. The van der Waals surface area contributed by atoms with Crippen LogP contribution in [0.15, 0.2) is 18.3 Å². The first-order chi connectivity index (χ1) is 8.38. The molecule has 5 heteroatoms. The molecule has 0 fully saturated rings. The molecule has 3 N–H and O–H groups in total. The summed E-state index contributed by atoms with van der Waals surface area (Å²) < 4.78 is 10.9. The van der Waals surface area contributed by atoms with Gasteiger partial charge in [-0.3, -0.25) is 0 Å². The lowest BCUT2D eigenvalue weighted by atomic mass is 10.3. The Bertz CT molecular complexity index is 308. The highest BCUT2D eigenvalue weighted by Crippen LogP contribution is 2.10. The van der Waals surface area contributed by atoms with Crippen molar-refractivity contribution in [1.82, 2.24) is 4.98 Å². The van der Waals surface area contributed by atoms with Gasteiger partial charge in [0, 0.05) is 18.4 Å². The molecule has 0 unspecified atom stereocenters. The van der Waals surface area contributed by atoms with Gasteiger partial charge in [0.1, 0.15) is 5.82 Å². The highest BCUT2D eigenvalue weighted by molar-refractivity contribution is 5.41. The van der Waals surface area contributed by atoms with Crippen molar-refractivity contribution in [2.75, 3.05) is 25.2 Å². The number of nitrogens with zero attached hydrogens (tertiary/aromatic N) is 1. The van der Waals surface area contributed by atoms with Crippen molar-refractivity contribution in [3.05, 3.63) is 23.9 Å². The summed E-state index contributed by atoms with van der Waals surface area (Å²) in [5.74, 6) is 6.00. The summed E-state index contributed by atoms with van der Waals surface area (Å²) in [6, 6.07) is 3.79. The summed E-state index contributed by atoms with van der Waals surface area (Å²) >= 11 is 0. The fourth-order valence-corrected chi connectivity index (χ4v) is 1.33. The van der Waals surface area contributed by atoms with E-state index in [1.54, 1.807) is 6.20 Å². The van der Waals surface area contributed by atoms with Gasteiger partial charge in [0.15, 0.2) is 0 Å². The van der Waals surface area contributed by atoms with Gasteiger partial charge in [0.25, 0.3) is 0 Å². The predicted octanol–water partition coefficient (Wildman–Crippen LogP) is 1.70. The molecule has 17 heavy (non-hydrogen) atoms. The molecule has 0 saturated carbocycles. The maximum atomic E-state index is 5.48. The van der Waals surface area contributed by atoms with E-state index < -0.39 is 0 Å². The fourth-order valence-electron chi connectivity index (χ4n) is 1.33. The molecule has 5 nitrogen and oxygen atoms in total. The summed E-state index contributed by atoms with van der Waals surface area (Å²) in [6.45, 7) is 4.66. The van der Waals surface area contributed by atoms with Crippen LogP contribution >= 0.6 is 0 Å². The lowest BCUT2D eigenvalue weighted by molar-refractivity contribution is 0.0398. The molecule has 0 aliphatic heterocycles. The van der Waals surface area contributed by atoms with E-state index in [-0.39, 0.29) is 0 Å². The normalized spacial score (nSPS) is 10.5. The number of anilines is 1. The molecule has 0 radical (unpaired) electrons. The predicted molar refractivity (Wildman–Crippen MR) is 67.4 cm³/mol. The number of pyridine rings is 1. The molecule has 1 rings (SSSR count). The summed E-state index contributed by atoms with van der Waals surface area (Å²) in [6.07, 6.45) is 3.94. The quantitative estimate of drug-likeness (QED) is 0.390. The van der Waals surface area contributed by atoms with Crippen molar-refractivity contribution in [2.45, 2.75) is 26.4 Å². The minimum absolute atomic E-state index is 0.491. The molecule has 0 saturated heterocycles. The maximum Gasteiger partial charge on any atom is 0.145 e. The minimum Gasteiger partial charge on any atom is -0.379 e. The molecule has 0 aliphatic rings. The standard InChI is InChI=1S/C12H21N3O2/c1-2-3-7-16-8-9-17-10-11-5-4-6-14-12(11)15-13/h4-6H,2-3,7-10,13H2,1H3,(H,14,15). The van der Waals surface area contributed by atoms with Crippen LogP contribution in [-0.4, -0.2) is 24.8 Å². The van der Waals surface area contributed by atoms with Crippen LogP contribution in [0, 0.1) is 0 Å². The highest BCUT2D eigenvalue weighted by atomic mass is 16.5. The number of hydrazine groups is 1. The van der Waals surface area contributed by atoms with E-state index in [1.165, 1.54) is 0 Å². The van der Waals surface area contributed by atoms with Gasteiger partial charge in [-0.2, -0.15) is 0 Å². The van der Waals surface area contributed by atoms with Crippen molar-refractivity contribution >= 4 is 5.82 Å². The van der Waals surface area contributed by atoms with Crippen LogP contribution in [0.1, 0.15) is 25.3 Å². The Morgan fingerprint density at radius 1 is 1.29 bits per heavy atom. The van der Waals surface area contributed by atoms with Crippen LogP contribution in [0.5, 0.6) is 0 Å². The summed E-state index contributed by atoms with van der Waals surface area (Å²) in [7, 11) is 0. The van der Waals surface area contributed by atoms with E-state index in [9.17, 15) is 0 Å². The van der Waals surface area contributed by atoms with Crippen LogP contribution in [-0.2, 0) is 16.1 Å². The second kappa shape index (κ2) is 8.92. The Morgan fingerprint density at radius 3 is 2.88 bits per heavy atom. The summed E-state index contributed by atoms with van der Waals surface area (Å²) in [4.78, 5) is 4.09. The Balaban J connectivity index is 2.13. The van der Waals surface area contributed by atoms with Gasteiger partial charge in [-0.05, 0) is 12.5 Å². The third-order valence-corrected chi connectivity index (χ3v) is 2.30. The molecular formula is C12H21N3O2. The zero-order valence-electron chi connectivity index (χ0n) is 10.3. The van der Waals surface area contributed by atoms with Crippen LogP contribution < -0.4 is 11.3 Å². The summed E-state index contributed by atoms with van der Waals surface area (Å²) in [5.41, 5.74) is 3.49. The second-order valence-corrected chi connectivity index (χ2v) is 3.67. The zero-order chi connectivity index (χ0) is 12.3. The lowest BCUT2D eigenvalue weighted by Crippen LogP contribution is -2.12. The third kappa shape index (κ3) is 5.63. The number of unbranched alkanes of at least 4 members (excludes halogenated alkanes) is 1. The lowest BCUT2D eigenvalue weighted by Gasteiger charge is -2.08.